The average molecular weight is 182 g/mol. The molecule has 0 aromatic carbocycles. The summed E-state index contributed by atoms with van der Waals surface area (Å²) >= 11 is 0. The quantitative estimate of drug-likeness (QED) is 0.742. The molecule has 0 spiro atoms. The third-order valence-electron chi connectivity index (χ3n) is 2.32. The van der Waals surface area contributed by atoms with Crippen molar-refractivity contribution >= 4 is 0 Å². The molecule has 1 aromatic heterocycles. The van der Waals surface area contributed by atoms with Crippen molar-refractivity contribution in [2.24, 2.45) is 5.73 Å². The lowest BCUT2D eigenvalue weighted by Gasteiger charge is -2.19. The van der Waals surface area contributed by atoms with Gasteiger partial charge in [0.15, 0.2) is 0 Å². The maximum absolute atomic E-state index is 5.41. The maximum Gasteiger partial charge on any atom is 0.207 e. The molecule has 0 saturated carbocycles. The van der Waals surface area contributed by atoms with Crippen molar-refractivity contribution < 1.29 is 9.15 Å². The minimum atomic E-state index is 0.369. The molecule has 0 radical (unpaired) electrons. The first-order valence-corrected chi connectivity index (χ1v) is 4.62. The number of oxazole rings is 1. The van der Waals surface area contributed by atoms with E-state index in [4.69, 9.17) is 14.9 Å². The van der Waals surface area contributed by atoms with E-state index in [1.165, 1.54) is 0 Å². The summed E-state index contributed by atoms with van der Waals surface area (Å²) in [4.78, 5) is 4.28. The first kappa shape index (κ1) is 8.72. The van der Waals surface area contributed by atoms with Crippen LogP contribution in [0.1, 0.15) is 30.3 Å². The number of hydrogen-bond donors (Lipinski definition) is 1. The summed E-state index contributed by atoms with van der Waals surface area (Å²) in [6.45, 7) is 2.00. The van der Waals surface area contributed by atoms with E-state index < -0.39 is 0 Å². The second-order valence-electron chi connectivity index (χ2n) is 3.28. The van der Waals surface area contributed by atoms with Crippen molar-refractivity contribution in [1.29, 1.82) is 0 Å². The van der Waals surface area contributed by atoms with Gasteiger partial charge in [0.2, 0.25) is 5.89 Å². The molecule has 1 aliphatic heterocycles. The number of aromatic nitrogens is 1. The highest BCUT2D eigenvalue weighted by Gasteiger charge is 2.19. The molecule has 0 amide bonds. The van der Waals surface area contributed by atoms with Crippen molar-refractivity contribution in [3.05, 3.63) is 17.8 Å². The Hall–Kier alpha value is -0.870. The lowest BCUT2D eigenvalue weighted by Crippen LogP contribution is -2.15. The maximum atomic E-state index is 5.41. The molecule has 1 fully saturated rings. The van der Waals surface area contributed by atoms with Crippen LogP contribution in [0.15, 0.2) is 10.7 Å². The van der Waals surface area contributed by atoms with E-state index in [-0.39, 0.29) is 0 Å². The van der Waals surface area contributed by atoms with Crippen LogP contribution in [-0.2, 0) is 11.3 Å². The zero-order valence-electron chi connectivity index (χ0n) is 7.53. The van der Waals surface area contributed by atoms with Crippen LogP contribution in [-0.4, -0.2) is 18.2 Å². The molecule has 1 aliphatic rings. The molecule has 4 nitrogen and oxygen atoms in total. The van der Waals surface area contributed by atoms with Crippen molar-refractivity contribution in [1.82, 2.24) is 4.98 Å². The van der Waals surface area contributed by atoms with Gasteiger partial charge in [0, 0.05) is 12.5 Å². The van der Waals surface area contributed by atoms with Gasteiger partial charge >= 0.3 is 0 Å². The summed E-state index contributed by atoms with van der Waals surface area (Å²) < 4.78 is 10.5. The third kappa shape index (κ3) is 1.89. The second-order valence-corrected chi connectivity index (χ2v) is 3.28. The van der Waals surface area contributed by atoms with Gasteiger partial charge in [-0.15, -0.1) is 0 Å². The van der Waals surface area contributed by atoms with Crippen LogP contribution >= 0.6 is 0 Å². The fourth-order valence-electron chi connectivity index (χ4n) is 1.58. The van der Waals surface area contributed by atoms with Gasteiger partial charge in [-0.05, 0) is 12.8 Å². The van der Waals surface area contributed by atoms with E-state index in [9.17, 15) is 0 Å². The number of ether oxygens (including phenoxy) is 1. The van der Waals surface area contributed by atoms with Crippen LogP contribution < -0.4 is 5.73 Å². The standard InChI is InChI=1S/C9H14N2O2/c10-4-9-11-8(6-13-9)7-2-1-3-12-5-7/h6-7H,1-5,10H2. The van der Waals surface area contributed by atoms with Gasteiger partial charge < -0.3 is 14.9 Å². The Morgan fingerprint density at radius 1 is 1.62 bits per heavy atom. The summed E-state index contributed by atoms with van der Waals surface area (Å²) in [6.07, 6.45) is 3.94. The van der Waals surface area contributed by atoms with Crippen LogP contribution in [0, 0.1) is 0 Å². The Bertz CT molecular complexity index is 266. The highest BCUT2D eigenvalue weighted by Crippen LogP contribution is 2.24. The lowest BCUT2D eigenvalue weighted by atomic mass is 10.00. The van der Waals surface area contributed by atoms with E-state index in [0.717, 1.165) is 31.7 Å². The van der Waals surface area contributed by atoms with Crippen LogP contribution in [0.2, 0.25) is 0 Å². The molecule has 4 heteroatoms. The highest BCUT2D eigenvalue weighted by molar-refractivity contribution is 5.05. The minimum absolute atomic E-state index is 0.369. The molecular formula is C9H14N2O2. The largest absolute Gasteiger partial charge is 0.447 e. The molecule has 2 rings (SSSR count). The zero-order chi connectivity index (χ0) is 9.10. The number of nitrogens with two attached hydrogens (primary N) is 1. The van der Waals surface area contributed by atoms with Gasteiger partial charge in [0.25, 0.3) is 0 Å². The van der Waals surface area contributed by atoms with E-state index in [1.807, 2.05) is 0 Å². The average Bonchev–Trinajstić information content (AvgIpc) is 2.67. The first-order chi connectivity index (χ1) is 6.40. The van der Waals surface area contributed by atoms with Crippen molar-refractivity contribution in [3.63, 3.8) is 0 Å². The zero-order valence-corrected chi connectivity index (χ0v) is 7.53. The molecule has 1 atom stereocenters. The molecule has 13 heavy (non-hydrogen) atoms. The van der Waals surface area contributed by atoms with Gasteiger partial charge in [-0.2, -0.15) is 0 Å². The molecule has 0 aliphatic carbocycles. The molecule has 1 aromatic rings. The van der Waals surface area contributed by atoms with Gasteiger partial charge in [0.1, 0.15) is 6.26 Å². The predicted molar refractivity (Wildman–Crippen MR) is 47.2 cm³/mol. The third-order valence-corrected chi connectivity index (χ3v) is 2.32. The number of hydrogen-bond acceptors (Lipinski definition) is 4. The van der Waals surface area contributed by atoms with Crippen LogP contribution in [0.5, 0.6) is 0 Å². The van der Waals surface area contributed by atoms with E-state index in [1.54, 1.807) is 6.26 Å². The van der Waals surface area contributed by atoms with Crippen LogP contribution in [0.4, 0.5) is 0 Å². The fourth-order valence-corrected chi connectivity index (χ4v) is 1.58. The summed E-state index contributed by atoms with van der Waals surface area (Å²) in [5.74, 6) is 1.01. The predicted octanol–water partition coefficient (Wildman–Crippen LogP) is 1.03. The van der Waals surface area contributed by atoms with Crippen LogP contribution in [0.3, 0.4) is 0 Å². The monoisotopic (exact) mass is 182 g/mol. The summed E-state index contributed by atoms with van der Waals surface area (Å²) in [7, 11) is 0. The van der Waals surface area contributed by atoms with Gasteiger partial charge in [0.05, 0.1) is 18.8 Å². The van der Waals surface area contributed by atoms with Gasteiger partial charge in [-0.25, -0.2) is 4.98 Å². The molecule has 0 bridgehead atoms. The van der Waals surface area contributed by atoms with Crippen molar-refractivity contribution in [2.45, 2.75) is 25.3 Å². The van der Waals surface area contributed by atoms with Gasteiger partial charge in [-0.1, -0.05) is 0 Å². The molecule has 72 valence electrons. The van der Waals surface area contributed by atoms with E-state index >= 15 is 0 Å². The SMILES string of the molecule is NCc1nc(C2CCCOC2)co1. The Balaban J connectivity index is 2.05. The molecular weight excluding hydrogens is 168 g/mol. The fraction of sp³-hybridized carbons (Fsp3) is 0.667. The molecule has 2 heterocycles. The highest BCUT2D eigenvalue weighted by atomic mass is 16.5. The minimum Gasteiger partial charge on any atom is -0.447 e. The molecule has 1 unspecified atom stereocenters. The lowest BCUT2D eigenvalue weighted by molar-refractivity contribution is 0.0792. The first-order valence-electron chi connectivity index (χ1n) is 4.62. The topological polar surface area (TPSA) is 61.3 Å². The van der Waals surface area contributed by atoms with E-state index in [0.29, 0.717) is 18.4 Å². The van der Waals surface area contributed by atoms with Crippen molar-refractivity contribution in [3.8, 4) is 0 Å². The van der Waals surface area contributed by atoms with E-state index in [2.05, 4.69) is 4.98 Å². The molecule has 1 saturated heterocycles. The second kappa shape index (κ2) is 3.89. The summed E-state index contributed by atoms with van der Waals surface area (Å²) in [5, 5.41) is 0. The smallest absolute Gasteiger partial charge is 0.207 e. The van der Waals surface area contributed by atoms with Gasteiger partial charge in [-0.3, -0.25) is 0 Å². The summed E-state index contributed by atoms with van der Waals surface area (Å²) in [6, 6.07) is 0. The Labute approximate surface area is 77.1 Å². The Morgan fingerprint density at radius 3 is 3.15 bits per heavy atom. The Morgan fingerprint density at radius 2 is 2.54 bits per heavy atom. The van der Waals surface area contributed by atoms with Crippen LogP contribution in [0.25, 0.3) is 0 Å². The molecule has 2 N–H and O–H groups in total. The number of rotatable bonds is 2. The summed E-state index contributed by atoms with van der Waals surface area (Å²) in [5.41, 5.74) is 6.39. The normalized spacial score (nSPS) is 23.3. The number of nitrogens with zero attached hydrogens (tertiary/aromatic N) is 1. The Kier molecular flexibility index (Phi) is 2.61. The van der Waals surface area contributed by atoms with Crippen molar-refractivity contribution in [2.75, 3.05) is 13.2 Å².